The van der Waals surface area contributed by atoms with Crippen molar-refractivity contribution in [3.05, 3.63) is 0 Å². The second kappa shape index (κ2) is 6.75. The van der Waals surface area contributed by atoms with E-state index in [1.165, 1.54) is 0 Å². The average Bonchev–Trinajstić information content (AvgIpc) is 2.38. The highest BCUT2D eigenvalue weighted by atomic mass is 16.2. The van der Waals surface area contributed by atoms with Crippen molar-refractivity contribution in [3.8, 4) is 0 Å². The van der Waals surface area contributed by atoms with Crippen LogP contribution in [0.2, 0.25) is 0 Å². The number of rotatable bonds is 3. The van der Waals surface area contributed by atoms with E-state index in [-0.39, 0.29) is 17.9 Å². The molecule has 19 heavy (non-hydrogen) atoms. The fourth-order valence-corrected chi connectivity index (χ4v) is 2.41. The Labute approximate surface area is 115 Å². The molecule has 1 atom stereocenters. The highest BCUT2D eigenvalue weighted by molar-refractivity contribution is 5.87. The Morgan fingerprint density at radius 2 is 1.68 bits per heavy atom. The molecule has 0 bridgehead atoms. The molecule has 1 fully saturated rings. The molecule has 1 aliphatic rings. The Morgan fingerprint density at radius 1 is 1.16 bits per heavy atom. The number of amides is 3. The van der Waals surface area contributed by atoms with Gasteiger partial charge in [0.1, 0.15) is 6.04 Å². The summed E-state index contributed by atoms with van der Waals surface area (Å²) in [7, 11) is 5.36. The van der Waals surface area contributed by atoms with Gasteiger partial charge in [0.25, 0.3) is 0 Å². The third-order valence-corrected chi connectivity index (χ3v) is 3.64. The summed E-state index contributed by atoms with van der Waals surface area (Å²) in [6, 6.07) is -0.479. The van der Waals surface area contributed by atoms with Gasteiger partial charge in [0, 0.05) is 40.3 Å². The minimum atomic E-state index is -0.419. The zero-order valence-corrected chi connectivity index (χ0v) is 12.6. The van der Waals surface area contributed by atoms with Crippen molar-refractivity contribution in [2.24, 2.45) is 5.92 Å². The molecule has 110 valence electrons. The molecule has 6 heteroatoms. The normalized spacial score (nSPS) is 18.3. The number of hydrogen-bond donors (Lipinski definition) is 1. The Morgan fingerprint density at radius 3 is 2.11 bits per heavy atom. The van der Waals surface area contributed by atoms with Crippen molar-refractivity contribution >= 4 is 11.9 Å². The first-order chi connectivity index (χ1) is 8.88. The standard InChI is InChI=1S/C13H26N4O2/c1-10(2)11(12(18)14-3)16(5)13(19)17-8-6-15(4)7-9-17/h10-11H,6-9H2,1-5H3,(H,14,18). The molecular formula is C13H26N4O2. The maximum absolute atomic E-state index is 12.4. The lowest BCUT2D eigenvalue weighted by molar-refractivity contribution is -0.126. The molecule has 1 N–H and O–H groups in total. The van der Waals surface area contributed by atoms with E-state index in [1.54, 1.807) is 19.0 Å². The first kappa shape index (κ1) is 15.8. The minimum Gasteiger partial charge on any atom is -0.357 e. The summed E-state index contributed by atoms with van der Waals surface area (Å²) in [4.78, 5) is 29.9. The molecular weight excluding hydrogens is 244 g/mol. The van der Waals surface area contributed by atoms with Gasteiger partial charge in [0.05, 0.1) is 0 Å². The number of nitrogens with one attached hydrogen (secondary N) is 1. The van der Waals surface area contributed by atoms with E-state index in [0.717, 1.165) is 26.2 Å². The van der Waals surface area contributed by atoms with Crippen LogP contribution in [0.3, 0.4) is 0 Å². The molecule has 3 amide bonds. The number of likely N-dealkylation sites (N-methyl/N-ethyl adjacent to an activating group) is 3. The van der Waals surface area contributed by atoms with Crippen molar-refractivity contribution in [2.75, 3.05) is 47.3 Å². The maximum atomic E-state index is 12.4. The van der Waals surface area contributed by atoms with E-state index in [1.807, 2.05) is 25.8 Å². The number of carbonyl (C=O) groups is 2. The summed E-state index contributed by atoms with van der Waals surface area (Å²) in [5, 5.41) is 2.63. The number of carbonyl (C=O) groups excluding carboxylic acids is 2. The molecule has 0 aromatic rings. The topological polar surface area (TPSA) is 55.9 Å². The Balaban J connectivity index is 2.71. The first-order valence-corrected chi connectivity index (χ1v) is 6.80. The Kier molecular flexibility index (Phi) is 5.60. The summed E-state index contributed by atoms with van der Waals surface area (Å²) in [5.74, 6) is -0.0265. The van der Waals surface area contributed by atoms with Crippen molar-refractivity contribution in [1.29, 1.82) is 0 Å². The molecule has 0 radical (unpaired) electrons. The second-order valence-electron chi connectivity index (χ2n) is 5.49. The van der Waals surface area contributed by atoms with Crippen LogP contribution in [0.4, 0.5) is 4.79 Å². The van der Waals surface area contributed by atoms with Gasteiger partial charge in [-0.1, -0.05) is 13.8 Å². The van der Waals surface area contributed by atoms with Crippen molar-refractivity contribution in [2.45, 2.75) is 19.9 Å². The van der Waals surface area contributed by atoms with Gasteiger partial charge in [-0.15, -0.1) is 0 Å². The molecule has 1 heterocycles. The summed E-state index contributed by atoms with van der Waals surface area (Å²) in [5.41, 5.74) is 0. The number of hydrogen-bond acceptors (Lipinski definition) is 3. The van der Waals surface area contributed by atoms with E-state index in [9.17, 15) is 9.59 Å². The van der Waals surface area contributed by atoms with Crippen LogP contribution < -0.4 is 5.32 Å². The molecule has 1 aliphatic heterocycles. The Hall–Kier alpha value is -1.30. The average molecular weight is 270 g/mol. The maximum Gasteiger partial charge on any atom is 0.320 e. The zero-order valence-electron chi connectivity index (χ0n) is 12.6. The van der Waals surface area contributed by atoms with E-state index in [4.69, 9.17) is 0 Å². The predicted molar refractivity (Wildman–Crippen MR) is 74.9 cm³/mol. The number of urea groups is 1. The first-order valence-electron chi connectivity index (χ1n) is 6.80. The van der Waals surface area contributed by atoms with Gasteiger partial charge in [-0.05, 0) is 13.0 Å². The van der Waals surface area contributed by atoms with Crippen molar-refractivity contribution in [3.63, 3.8) is 0 Å². The van der Waals surface area contributed by atoms with Crippen LogP contribution in [0.1, 0.15) is 13.8 Å². The van der Waals surface area contributed by atoms with E-state index in [2.05, 4.69) is 10.2 Å². The van der Waals surface area contributed by atoms with Gasteiger partial charge >= 0.3 is 6.03 Å². The van der Waals surface area contributed by atoms with Crippen molar-refractivity contribution < 1.29 is 9.59 Å². The predicted octanol–water partition coefficient (Wildman–Crippen LogP) is 0.0562. The van der Waals surface area contributed by atoms with Crippen LogP contribution in [0.15, 0.2) is 0 Å². The third kappa shape index (κ3) is 3.83. The van der Waals surface area contributed by atoms with Crippen molar-refractivity contribution in [1.82, 2.24) is 20.0 Å². The molecule has 1 saturated heterocycles. The molecule has 0 aliphatic carbocycles. The SMILES string of the molecule is CNC(=O)C(C(C)C)N(C)C(=O)N1CCN(C)CC1. The fraction of sp³-hybridized carbons (Fsp3) is 0.846. The van der Waals surface area contributed by atoms with E-state index < -0.39 is 6.04 Å². The summed E-state index contributed by atoms with van der Waals surface area (Å²) >= 11 is 0. The quantitative estimate of drug-likeness (QED) is 0.789. The third-order valence-electron chi connectivity index (χ3n) is 3.64. The van der Waals surface area contributed by atoms with Crippen LogP contribution in [-0.4, -0.2) is 80.0 Å². The Bertz CT molecular complexity index is 325. The molecule has 0 saturated carbocycles. The highest BCUT2D eigenvalue weighted by Gasteiger charge is 2.32. The molecule has 0 spiro atoms. The van der Waals surface area contributed by atoms with Crippen LogP contribution in [0.25, 0.3) is 0 Å². The largest absolute Gasteiger partial charge is 0.357 e. The smallest absolute Gasteiger partial charge is 0.320 e. The van der Waals surface area contributed by atoms with Crippen LogP contribution in [-0.2, 0) is 4.79 Å². The van der Waals surface area contributed by atoms with Gasteiger partial charge in [0.2, 0.25) is 5.91 Å². The number of piperazine rings is 1. The van der Waals surface area contributed by atoms with E-state index in [0.29, 0.717) is 0 Å². The second-order valence-corrected chi connectivity index (χ2v) is 5.49. The van der Waals surface area contributed by atoms with E-state index >= 15 is 0 Å². The van der Waals surface area contributed by atoms with Crippen LogP contribution in [0.5, 0.6) is 0 Å². The van der Waals surface area contributed by atoms with Gasteiger partial charge in [-0.25, -0.2) is 4.79 Å². The summed E-state index contributed by atoms with van der Waals surface area (Å²) in [6.07, 6.45) is 0. The lowest BCUT2D eigenvalue weighted by Gasteiger charge is -2.38. The fourth-order valence-electron chi connectivity index (χ4n) is 2.41. The molecule has 1 rings (SSSR count). The lowest BCUT2D eigenvalue weighted by Crippen LogP contribution is -2.57. The molecule has 1 unspecified atom stereocenters. The van der Waals surface area contributed by atoms with Gasteiger partial charge < -0.3 is 20.0 Å². The molecule has 0 aromatic carbocycles. The van der Waals surface area contributed by atoms with Gasteiger partial charge in [0.15, 0.2) is 0 Å². The highest BCUT2D eigenvalue weighted by Crippen LogP contribution is 2.13. The number of nitrogens with zero attached hydrogens (tertiary/aromatic N) is 3. The lowest BCUT2D eigenvalue weighted by atomic mass is 10.0. The molecule has 0 aromatic heterocycles. The zero-order chi connectivity index (χ0) is 14.6. The monoisotopic (exact) mass is 270 g/mol. The molecule has 6 nitrogen and oxygen atoms in total. The van der Waals surface area contributed by atoms with Crippen LogP contribution >= 0.6 is 0 Å². The minimum absolute atomic E-state index is 0.0598. The summed E-state index contributed by atoms with van der Waals surface area (Å²) < 4.78 is 0. The van der Waals surface area contributed by atoms with Gasteiger partial charge in [-0.2, -0.15) is 0 Å². The van der Waals surface area contributed by atoms with Gasteiger partial charge in [-0.3, -0.25) is 4.79 Å². The summed E-state index contributed by atoms with van der Waals surface area (Å²) in [6.45, 7) is 7.11. The van der Waals surface area contributed by atoms with Crippen LogP contribution in [0, 0.1) is 5.92 Å².